The summed E-state index contributed by atoms with van der Waals surface area (Å²) >= 11 is 0. The molecule has 1 saturated heterocycles. The van der Waals surface area contributed by atoms with Gasteiger partial charge in [0, 0.05) is 19.2 Å². The zero-order chi connectivity index (χ0) is 16.2. The average molecular weight is 319 g/mol. The summed E-state index contributed by atoms with van der Waals surface area (Å²) in [4.78, 5) is 14.7. The van der Waals surface area contributed by atoms with Crippen LogP contribution in [0.25, 0.3) is 0 Å². The summed E-state index contributed by atoms with van der Waals surface area (Å²) in [6, 6.07) is 7.13. The number of nitrogens with one attached hydrogen (secondary N) is 1. The molecule has 122 valence electrons. The summed E-state index contributed by atoms with van der Waals surface area (Å²) in [5.41, 5.74) is 0.601. The number of nitrogens with zero attached hydrogens (tertiary/aromatic N) is 2. The van der Waals surface area contributed by atoms with Gasteiger partial charge in [-0.1, -0.05) is 17.3 Å². The van der Waals surface area contributed by atoms with Crippen LogP contribution in [0.4, 0.5) is 10.2 Å². The van der Waals surface area contributed by atoms with Crippen LogP contribution in [-0.2, 0) is 9.53 Å². The molecule has 1 fully saturated rings. The third kappa shape index (κ3) is 3.75. The van der Waals surface area contributed by atoms with E-state index in [-0.39, 0.29) is 11.7 Å². The van der Waals surface area contributed by atoms with Crippen LogP contribution in [0.3, 0.4) is 0 Å². The van der Waals surface area contributed by atoms with Gasteiger partial charge in [-0.15, -0.1) is 0 Å². The van der Waals surface area contributed by atoms with Crippen molar-refractivity contribution in [3.05, 3.63) is 47.5 Å². The highest BCUT2D eigenvalue weighted by Gasteiger charge is 2.29. The van der Waals surface area contributed by atoms with Crippen molar-refractivity contribution in [1.29, 1.82) is 0 Å². The van der Waals surface area contributed by atoms with E-state index in [0.29, 0.717) is 43.4 Å². The van der Waals surface area contributed by atoms with E-state index >= 15 is 0 Å². The van der Waals surface area contributed by atoms with E-state index in [2.05, 4.69) is 10.5 Å². The van der Waals surface area contributed by atoms with Crippen LogP contribution in [-0.4, -0.2) is 42.3 Å². The maximum Gasteiger partial charge on any atom is 0.247 e. The Morgan fingerprint density at radius 3 is 2.78 bits per heavy atom. The van der Waals surface area contributed by atoms with Crippen molar-refractivity contribution in [3.8, 4) is 0 Å². The maximum absolute atomic E-state index is 13.6. The van der Waals surface area contributed by atoms with Crippen molar-refractivity contribution in [1.82, 2.24) is 10.1 Å². The standard InChI is InChI=1S/C16H18FN3O3/c1-11-9-14(19-23-11)18-16(21)15(20-5-7-22-8-6-20)12-3-2-4-13(17)10-12/h2-4,9-10,15H,5-8H2,1H3,(H,18,19,21). The Kier molecular flexibility index (Phi) is 4.68. The Hall–Kier alpha value is -2.25. The van der Waals surface area contributed by atoms with Gasteiger partial charge in [-0.25, -0.2) is 4.39 Å². The van der Waals surface area contributed by atoms with E-state index in [0.717, 1.165) is 0 Å². The van der Waals surface area contributed by atoms with Crippen LogP contribution in [0.5, 0.6) is 0 Å². The molecule has 0 radical (unpaired) electrons. The number of aryl methyl sites for hydroxylation is 1. The summed E-state index contributed by atoms with van der Waals surface area (Å²) in [6.07, 6.45) is 0. The molecule has 1 N–H and O–H groups in total. The van der Waals surface area contributed by atoms with Crippen LogP contribution < -0.4 is 5.32 Å². The molecule has 1 aliphatic heterocycles. The van der Waals surface area contributed by atoms with Crippen LogP contribution >= 0.6 is 0 Å². The summed E-state index contributed by atoms with van der Waals surface area (Å²) < 4.78 is 23.9. The first-order valence-electron chi connectivity index (χ1n) is 7.45. The number of morpholine rings is 1. The first-order chi connectivity index (χ1) is 11.1. The van der Waals surface area contributed by atoms with E-state index in [9.17, 15) is 9.18 Å². The van der Waals surface area contributed by atoms with Crippen molar-refractivity contribution in [2.75, 3.05) is 31.6 Å². The maximum atomic E-state index is 13.6. The van der Waals surface area contributed by atoms with E-state index in [1.54, 1.807) is 25.1 Å². The number of aromatic nitrogens is 1. The zero-order valence-corrected chi connectivity index (χ0v) is 12.8. The van der Waals surface area contributed by atoms with Gasteiger partial charge in [-0.05, 0) is 24.6 Å². The number of benzene rings is 1. The summed E-state index contributed by atoms with van der Waals surface area (Å²) in [7, 11) is 0. The van der Waals surface area contributed by atoms with Crippen LogP contribution in [0.15, 0.2) is 34.9 Å². The third-order valence-electron chi connectivity index (χ3n) is 3.70. The predicted octanol–water partition coefficient (Wildman–Crippen LogP) is 2.13. The van der Waals surface area contributed by atoms with Crippen molar-refractivity contribution < 1.29 is 18.4 Å². The molecule has 3 rings (SSSR count). The van der Waals surface area contributed by atoms with E-state index < -0.39 is 6.04 Å². The second-order valence-corrected chi connectivity index (χ2v) is 5.42. The second kappa shape index (κ2) is 6.89. The number of ether oxygens (including phenoxy) is 1. The molecule has 2 aromatic rings. The first-order valence-corrected chi connectivity index (χ1v) is 7.45. The van der Waals surface area contributed by atoms with Gasteiger partial charge in [0.1, 0.15) is 17.6 Å². The minimum absolute atomic E-state index is 0.272. The number of hydrogen-bond donors (Lipinski definition) is 1. The number of halogens is 1. The van der Waals surface area contributed by atoms with Gasteiger partial charge in [0.15, 0.2) is 5.82 Å². The SMILES string of the molecule is Cc1cc(NC(=O)C(c2cccc(F)c2)N2CCOCC2)no1. The van der Waals surface area contributed by atoms with Crippen molar-refractivity contribution in [2.24, 2.45) is 0 Å². The Bertz CT molecular complexity index is 683. The Morgan fingerprint density at radius 2 is 2.13 bits per heavy atom. The van der Waals surface area contributed by atoms with E-state index in [1.165, 1.54) is 12.1 Å². The fourth-order valence-electron chi connectivity index (χ4n) is 2.66. The Labute approximate surface area is 133 Å². The topological polar surface area (TPSA) is 67.6 Å². The fraction of sp³-hybridized carbons (Fsp3) is 0.375. The monoisotopic (exact) mass is 319 g/mol. The van der Waals surface area contributed by atoms with Gasteiger partial charge < -0.3 is 14.6 Å². The molecule has 0 bridgehead atoms. The van der Waals surface area contributed by atoms with E-state index in [4.69, 9.17) is 9.26 Å². The molecule has 0 aliphatic carbocycles. The Balaban J connectivity index is 1.85. The molecular weight excluding hydrogens is 301 g/mol. The smallest absolute Gasteiger partial charge is 0.247 e. The molecular formula is C16H18FN3O3. The molecule has 1 aromatic carbocycles. The number of rotatable bonds is 4. The molecule has 1 aromatic heterocycles. The molecule has 1 aliphatic rings. The number of hydrogen-bond acceptors (Lipinski definition) is 5. The van der Waals surface area contributed by atoms with Crippen LogP contribution in [0.1, 0.15) is 17.4 Å². The average Bonchev–Trinajstić information content (AvgIpc) is 2.94. The lowest BCUT2D eigenvalue weighted by molar-refractivity contribution is -0.123. The van der Waals surface area contributed by atoms with Crippen LogP contribution in [0.2, 0.25) is 0 Å². The minimum Gasteiger partial charge on any atom is -0.379 e. The van der Waals surface area contributed by atoms with Crippen LogP contribution in [0, 0.1) is 12.7 Å². The van der Waals surface area contributed by atoms with Crippen molar-refractivity contribution in [2.45, 2.75) is 13.0 Å². The molecule has 2 heterocycles. The lowest BCUT2D eigenvalue weighted by Crippen LogP contribution is -2.44. The Morgan fingerprint density at radius 1 is 1.35 bits per heavy atom. The van der Waals surface area contributed by atoms with Gasteiger partial charge in [0.05, 0.1) is 13.2 Å². The number of carbonyl (C=O) groups is 1. The number of anilines is 1. The van der Waals surface area contributed by atoms with Gasteiger partial charge in [0.2, 0.25) is 5.91 Å². The summed E-state index contributed by atoms with van der Waals surface area (Å²) in [5, 5.41) is 6.50. The molecule has 1 atom stereocenters. The highest BCUT2D eigenvalue weighted by Crippen LogP contribution is 2.24. The minimum atomic E-state index is -0.605. The normalized spacial score (nSPS) is 17.0. The molecule has 7 heteroatoms. The number of carbonyl (C=O) groups excluding carboxylic acids is 1. The highest BCUT2D eigenvalue weighted by atomic mass is 19.1. The van der Waals surface area contributed by atoms with Crippen molar-refractivity contribution >= 4 is 11.7 Å². The summed E-state index contributed by atoms with van der Waals surface area (Å²) in [5.74, 6) is 0.313. The second-order valence-electron chi connectivity index (χ2n) is 5.42. The lowest BCUT2D eigenvalue weighted by Gasteiger charge is -2.33. The first kappa shape index (κ1) is 15.6. The molecule has 1 amide bonds. The molecule has 23 heavy (non-hydrogen) atoms. The number of amides is 1. The quantitative estimate of drug-likeness (QED) is 0.935. The molecule has 6 nitrogen and oxygen atoms in total. The van der Waals surface area contributed by atoms with Gasteiger partial charge in [-0.2, -0.15) is 0 Å². The van der Waals surface area contributed by atoms with Gasteiger partial charge in [0.25, 0.3) is 0 Å². The summed E-state index contributed by atoms with van der Waals surface area (Å²) in [6.45, 7) is 4.04. The van der Waals surface area contributed by atoms with Crippen molar-refractivity contribution in [3.63, 3.8) is 0 Å². The zero-order valence-electron chi connectivity index (χ0n) is 12.8. The molecule has 0 saturated carbocycles. The largest absolute Gasteiger partial charge is 0.379 e. The predicted molar refractivity (Wildman–Crippen MR) is 81.4 cm³/mol. The van der Waals surface area contributed by atoms with Gasteiger partial charge in [-0.3, -0.25) is 9.69 Å². The lowest BCUT2D eigenvalue weighted by atomic mass is 10.0. The molecule has 1 unspecified atom stereocenters. The third-order valence-corrected chi connectivity index (χ3v) is 3.70. The molecule has 0 spiro atoms. The van der Waals surface area contributed by atoms with E-state index in [1.807, 2.05) is 4.90 Å². The highest BCUT2D eigenvalue weighted by molar-refractivity contribution is 5.94. The fourth-order valence-corrected chi connectivity index (χ4v) is 2.66. The van der Waals surface area contributed by atoms with Gasteiger partial charge >= 0.3 is 0 Å².